The molecule has 3 heterocycles. The van der Waals surface area contributed by atoms with Crippen molar-refractivity contribution in [3.63, 3.8) is 0 Å². The number of hydrogen-bond donors (Lipinski definition) is 2. The molecule has 0 amide bonds. The summed E-state index contributed by atoms with van der Waals surface area (Å²) in [6, 6.07) is 11.5. The molecule has 6 rings (SSSR count). The Morgan fingerprint density at radius 3 is 2.35 bits per heavy atom. The first-order chi connectivity index (χ1) is 22.8. The minimum Gasteiger partial charge on any atom is -0.598 e. The molecule has 1 aliphatic carbocycles. The number of fused-ring (bicyclic) bond motifs is 3. The molecule has 1 unspecified atom stereocenters. The maximum atomic E-state index is 12.8. The summed E-state index contributed by atoms with van der Waals surface area (Å²) >= 11 is -1.24. The van der Waals surface area contributed by atoms with Crippen LogP contribution >= 0.6 is 0 Å². The summed E-state index contributed by atoms with van der Waals surface area (Å²) in [5, 5.41) is 9.29. The summed E-state index contributed by atoms with van der Waals surface area (Å²) in [5.41, 5.74) is 4.35. The maximum absolute atomic E-state index is 12.8. The lowest BCUT2D eigenvalue weighted by atomic mass is 9.73. The van der Waals surface area contributed by atoms with Crippen molar-refractivity contribution in [1.82, 2.24) is 34.3 Å². The molecule has 0 radical (unpaired) electrons. The fourth-order valence-corrected chi connectivity index (χ4v) is 6.93. The van der Waals surface area contributed by atoms with E-state index in [2.05, 4.69) is 10.0 Å². The van der Waals surface area contributed by atoms with Crippen molar-refractivity contribution >= 4 is 33.9 Å². The molecule has 12 nitrogen and oxygen atoms in total. The molecule has 254 valence electrons. The van der Waals surface area contributed by atoms with Gasteiger partial charge >= 0.3 is 0 Å². The molecule has 0 saturated heterocycles. The minimum absolute atomic E-state index is 0.166. The van der Waals surface area contributed by atoms with E-state index >= 15 is 0 Å². The second kappa shape index (κ2) is 13.0. The average molecular weight is 673 g/mol. The van der Waals surface area contributed by atoms with E-state index < -0.39 is 16.9 Å². The lowest BCUT2D eigenvalue weighted by Gasteiger charge is -2.34. The van der Waals surface area contributed by atoms with Crippen LogP contribution in [-0.4, -0.2) is 60.2 Å². The Balaban J connectivity index is 1.25. The molecule has 48 heavy (non-hydrogen) atoms. The fraction of sp³-hybridized carbons (Fsp3) is 0.457. The number of ether oxygens (including phenoxy) is 3. The predicted octanol–water partition coefficient (Wildman–Crippen LogP) is 5.96. The summed E-state index contributed by atoms with van der Waals surface area (Å²) < 4.78 is 34.1. The quantitative estimate of drug-likeness (QED) is 0.160. The molecule has 5 aromatic rings. The average Bonchev–Trinajstić information content (AvgIpc) is 3.47. The Hall–Kier alpha value is -4.20. The summed E-state index contributed by atoms with van der Waals surface area (Å²) in [7, 11) is 4.91. The molecule has 0 spiro atoms. The largest absolute Gasteiger partial charge is 0.598 e. The van der Waals surface area contributed by atoms with Gasteiger partial charge in [-0.25, -0.2) is 9.97 Å². The van der Waals surface area contributed by atoms with Crippen molar-refractivity contribution in [2.75, 3.05) is 26.6 Å². The van der Waals surface area contributed by atoms with Crippen LogP contribution in [-0.2, 0) is 23.4 Å². The van der Waals surface area contributed by atoms with Gasteiger partial charge in [-0.3, -0.25) is 9.97 Å². The van der Waals surface area contributed by atoms with Crippen molar-refractivity contribution < 1.29 is 18.8 Å². The normalized spacial score (nSPS) is 17.3. The number of hydrogen-bond acceptors (Lipinski definition) is 11. The Morgan fingerprint density at radius 2 is 1.69 bits per heavy atom. The summed E-state index contributed by atoms with van der Waals surface area (Å²) in [5.74, 6) is 3.82. The standard InChI is InChI=1S/C35H44N8O4S/c1-20-30(35(5,6)42-48(44)34(2,3)4)36-19-26(38-20)22-15-23(16-22)31-40-32-25-11-10-12-27(46-8)29(25)39-33(43(32)41-31)37-18-21-13-14-24(45-7)17-28(21)47-9/h10-14,17,19,22-23,42H,15-16,18H2,1-9H3,(H,37,39). The highest BCUT2D eigenvalue weighted by molar-refractivity contribution is 7.90. The van der Waals surface area contributed by atoms with E-state index in [9.17, 15) is 4.55 Å². The van der Waals surface area contributed by atoms with Crippen molar-refractivity contribution in [3.8, 4) is 17.2 Å². The van der Waals surface area contributed by atoms with Crippen LogP contribution in [0.2, 0.25) is 0 Å². The zero-order valence-corrected chi connectivity index (χ0v) is 29.9. The number of anilines is 1. The predicted molar refractivity (Wildman–Crippen MR) is 187 cm³/mol. The van der Waals surface area contributed by atoms with E-state index in [-0.39, 0.29) is 16.6 Å². The third-order valence-corrected chi connectivity index (χ3v) is 10.6. The van der Waals surface area contributed by atoms with Crippen LogP contribution in [0.15, 0.2) is 42.6 Å². The molecule has 1 atom stereocenters. The van der Waals surface area contributed by atoms with Gasteiger partial charge in [0.1, 0.15) is 33.1 Å². The minimum atomic E-state index is -1.24. The third kappa shape index (κ3) is 6.46. The second-order valence-electron chi connectivity index (χ2n) is 13.7. The highest BCUT2D eigenvalue weighted by Crippen LogP contribution is 2.46. The van der Waals surface area contributed by atoms with Gasteiger partial charge in [-0.2, -0.15) is 4.52 Å². The van der Waals surface area contributed by atoms with Crippen LogP contribution in [0.25, 0.3) is 16.6 Å². The van der Waals surface area contributed by atoms with Crippen molar-refractivity contribution in [2.45, 2.75) is 83.1 Å². The van der Waals surface area contributed by atoms with Gasteiger partial charge in [0, 0.05) is 53.0 Å². The first-order valence-electron chi connectivity index (χ1n) is 16.0. The topological polar surface area (TPSA) is 144 Å². The van der Waals surface area contributed by atoms with Gasteiger partial charge in [0.05, 0.1) is 38.4 Å². The van der Waals surface area contributed by atoms with Crippen molar-refractivity contribution in [3.05, 3.63) is 71.1 Å². The Bertz CT molecular complexity index is 1950. The van der Waals surface area contributed by atoms with E-state index in [0.29, 0.717) is 35.2 Å². The molecule has 13 heteroatoms. The Kier molecular flexibility index (Phi) is 9.14. The van der Waals surface area contributed by atoms with Crippen LogP contribution in [0, 0.1) is 6.92 Å². The van der Waals surface area contributed by atoms with Crippen molar-refractivity contribution in [1.29, 1.82) is 0 Å². The molecule has 3 aromatic heterocycles. The van der Waals surface area contributed by atoms with Gasteiger partial charge < -0.3 is 24.1 Å². The van der Waals surface area contributed by atoms with E-state index in [1.54, 1.807) is 25.8 Å². The van der Waals surface area contributed by atoms with Gasteiger partial charge in [0.25, 0.3) is 0 Å². The maximum Gasteiger partial charge on any atom is 0.226 e. The molecule has 2 aromatic carbocycles. The molecule has 2 N–H and O–H groups in total. The van der Waals surface area contributed by atoms with Crippen LogP contribution in [0.1, 0.15) is 87.8 Å². The number of aromatic nitrogens is 6. The van der Waals surface area contributed by atoms with E-state index in [4.69, 9.17) is 39.2 Å². The molecule has 1 fully saturated rings. The molecular formula is C35H44N8O4S. The number of rotatable bonds is 11. The first kappa shape index (κ1) is 33.7. The van der Waals surface area contributed by atoms with Crippen LogP contribution in [0.5, 0.6) is 17.2 Å². The lowest BCUT2D eigenvalue weighted by molar-refractivity contribution is 0.330. The highest BCUT2D eigenvalue weighted by Gasteiger charge is 2.38. The zero-order chi connectivity index (χ0) is 34.4. The molecule has 0 aliphatic heterocycles. The van der Waals surface area contributed by atoms with E-state index in [0.717, 1.165) is 52.4 Å². The van der Waals surface area contributed by atoms with Crippen LogP contribution in [0.3, 0.4) is 0 Å². The number of nitrogens with zero attached hydrogens (tertiary/aromatic N) is 6. The summed E-state index contributed by atoms with van der Waals surface area (Å²) in [4.78, 5) is 19.8. The first-order valence-corrected chi connectivity index (χ1v) is 17.2. The van der Waals surface area contributed by atoms with Gasteiger partial charge in [-0.15, -0.1) is 9.82 Å². The Labute approximate surface area is 284 Å². The smallest absolute Gasteiger partial charge is 0.226 e. The molecule has 0 bridgehead atoms. The molecule has 1 aliphatic rings. The van der Waals surface area contributed by atoms with Gasteiger partial charge in [-0.1, -0.05) is 6.07 Å². The zero-order valence-electron chi connectivity index (χ0n) is 29.0. The number of aryl methyl sites for hydroxylation is 1. The second-order valence-corrected chi connectivity index (χ2v) is 15.7. The monoisotopic (exact) mass is 672 g/mol. The molecular weight excluding hydrogens is 629 g/mol. The lowest BCUT2D eigenvalue weighted by Crippen LogP contribution is -2.49. The number of benzene rings is 2. The fourth-order valence-electron chi connectivity index (χ4n) is 6.06. The SMILES string of the molecule is COc1ccc(CNc2nc3c(OC)cccc3c3nc(C4CC(c5cnc(C(C)(C)N[S+]([O-])C(C)(C)C)c(C)n5)C4)nn23)c(OC)c1. The number of nitrogens with one attached hydrogen (secondary N) is 2. The summed E-state index contributed by atoms with van der Waals surface area (Å²) in [6.07, 6.45) is 3.59. The van der Waals surface area contributed by atoms with Gasteiger partial charge in [-0.05, 0) is 78.6 Å². The van der Waals surface area contributed by atoms with E-state index in [1.807, 2.05) is 84.1 Å². The number of methoxy groups -OCH3 is 3. The number of para-hydroxylation sites is 1. The van der Waals surface area contributed by atoms with Gasteiger partial charge in [0.15, 0.2) is 11.5 Å². The highest BCUT2D eigenvalue weighted by atomic mass is 32.2. The van der Waals surface area contributed by atoms with Crippen LogP contribution in [0.4, 0.5) is 5.95 Å². The van der Waals surface area contributed by atoms with E-state index in [1.165, 1.54) is 0 Å². The van der Waals surface area contributed by atoms with Crippen LogP contribution < -0.4 is 24.2 Å². The Morgan fingerprint density at radius 1 is 0.938 bits per heavy atom. The molecule has 1 saturated carbocycles. The summed E-state index contributed by atoms with van der Waals surface area (Å²) in [6.45, 7) is 12.3. The van der Waals surface area contributed by atoms with Gasteiger partial charge in [0.2, 0.25) is 5.95 Å². The third-order valence-electron chi connectivity index (χ3n) is 8.82. The van der Waals surface area contributed by atoms with Crippen molar-refractivity contribution in [2.24, 2.45) is 0 Å².